The lowest BCUT2D eigenvalue weighted by molar-refractivity contribution is -0.136. The van der Waals surface area contributed by atoms with Crippen molar-refractivity contribution in [2.45, 2.75) is 50.5 Å². The Morgan fingerprint density at radius 2 is 1.69 bits per heavy atom. The minimum Gasteiger partial charge on any atom is -0.335 e. The van der Waals surface area contributed by atoms with Crippen LogP contribution in [0.4, 0.5) is 4.39 Å². The molecular formula is C32H28ClFN4O4. The number of hydrogen-bond acceptors (Lipinski definition) is 5. The summed E-state index contributed by atoms with van der Waals surface area (Å²) in [6, 6.07) is 17.8. The number of piperidine rings is 2. The first-order valence-corrected chi connectivity index (χ1v) is 14.5. The van der Waals surface area contributed by atoms with Gasteiger partial charge in [-0.25, -0.2) is 4.39 Å². The van der Waals surface area contributed by atoms with Crippen molar-refractivity contribution in [3.8, 4) is 11.1 Å². The molecular weight excluding hydrogens is 559 g/mol. The smallest absolute Gasteiger partial charge is 0.255 e. The second-order valence-electron chi connectivity index (χ2n) is 11.4. The number of amides is 4. The number of halogens is 2. The Labute approximate surface area is 247 Å². The van der Waals surface area contributed by atoms with E-state index in [-0.39, 0.29) is 54.8 Å². The third-order valence-electron chi connectivity index (χ3n) is 9.03. The topological polar surface area (TPSA) is 90.0 Å². The Morgan fingerprint density at radius 1 is 0.952 bits per heavy atom. The largest absolute Gasteiger partial charge is 0.335 e. The Kier molecular flexibility index (Phi) is 6.59. The quantitative estimate of drug-likeness (QED) is 0.457. The molecule has 5 heterocycles. The molecule has 0 radical (unpaired) electrons. The van der Waals surface area contributed by atoms with E-state index in [0.717, 1.165) is 17.5 Å². The second-order valence-corrected chi connectivity index (χ2v) is 11.9. The minimum atomic E-state index is -0.784. The Morgan fingerprint density at radius 3 is 2.43 bits per heavy atom. The molecule has 3 aromatic carbocycles. The number of nitrogens with zero attached hydrogens (tertiary/aromatic N) is 3. The molecule has 4 fully saturated rings. The van der Waals surface area contributed by atoms with Gasteiger partial charge >= 0.3 is 0 Å². The fraction of sp³-hybridized carbons (Fsp3) is 0.312. The van der Waals surface area contributed by atoms with Crippen LogP contribution in [0.25, 0.3) is 11.1 Å². The zero-order chi connectivity index (χ0) is 29.1. The molecule has 5 aliphatic heterocycles. The summed E-state index contributed by atoms with van der Waals surface area (Å²) in [5, 5.41) is 2.91. The normalized spacial score (nSPS) is 23.5. The second kappa shape index (κ2) is 10.3. The van der Waals surface area contributed by atoms with E-state index >= 15 is 4.39 Å². The molecule has 0 spiro atoms. The van der Waals surface area contributed by atoms with E-state index in [1.54, 1.807) is 12.1 Å². The highest BCUT2D eigenvalue weighted by atomic mass is 35.5. The fourth-order valence-electron chi connectivity index (χ4n) is 6.80. The van der Waals surface area contributed by atoms with Crippen LogP contribution in [0.1, 0.15) is 51.1 Å². The first-order chi connectivity index (χ1) is 20.3. The average molecular weight is 587 g/mol. The van der Waals surface area contributed by atoms with Gasteiger partial charge in [-0.05, 0) is 48.2 Å². The van der Waals surface area contributed by atoms with Gasteiger partial charge in [0.2, 0.25) is 11.8 Å². The van der Waals surface area contributed by atoms with Gasteiger partial charge in [0.25, 0.3) is 11.8 Å². The van der Waals surface area contributed by atoms with Gasteiger partial charge in [-0.3, -0.25) is 29.4 Å². The molecule has 2 bridgehead atoms. The van der Waals surface area contributed by atoms with Crippen LogP contribution in [-0.2, 0) is 22.7 Å². The number of imide groups is 1. The summed E-state index contributed by atoms with van der Waals surface area (Å²) in [4.78, 5) is 56.0. The van der Waals surface area contributed by atoms with Crippen LogP contribution >= 0.6 is 11.6 Å². The van der Waals surface area contributed by atoms with E-state index in [0.29, 0.717) is 41.3 Å². The summed E-state index contributed by atoms with van der Waals surface area (Å²) >= 11 is 6.06. The lowest BCUT2D eigenvalue weighted by Gasteiger charge is -2.56. The number of hydrogen-bond donors (Lipinski definition) is 1. The van der Waals surface area contributed by atoms with E-state index in [9.17, 15) is 19.2 Å². The summed E-state index contributed by atoms with van der Waals surface area (Å²) in [6.45, 7) is 1.49. The zero-order valence-electron chi connectivity index (χ0n) is 22.7. The van der Waals surface area contributed by atoms with Crippen molar-refractivity contribution in [2.24, 2.45) is 0 Å². The number of carbonyl (C=O) groups excluding carboxylic acids is 4. The van der Waals surface area contributed by atoms with Crippen LogP contribution in [0.2, 0.25) is 5.02 Å². The van der Waals surface area contributed by atoms with Crippen LogP contribution in [-0.4, -0.2) is 69.5 Å². The molecule has 0 aromatic heterocycles. The third-order valence-corrected chi connectivity index (χ3v) is 9.28. The zero-order valence-corrected chi connectivity index (χ0v) is 23.4. The van der Waals surface area contributed by atoms with Crippen molar-refractivity contribution in [3.63, 3.8) is 0 Å². The Hall–Kier alpha value is -4.08. The maximum absolute atomic E-state index is 15.8. The van der Waals surface area contributed by atoms with Crippen LogP contribution < -0.4 is 5.32 Å². The lowest BCUT2D eigenvalue weighted by atomic mass is 9.86. The summed E-state index contributed by atoms with van der Waals surface area (Å²) in [7, 11) is 0. The van der Waals surface area contributed by atoms with Crippen molar-refractivity contribution in [1.29, 1.82) is 0 Å². The standard InChI is InChI=1S/C32H28ClFN4O4/c33-20-8-5-18(6-9-20)23-3-1-2-4-24(23)31(41)36-15-21-13-22(16-36)37(21)14-19-7-10-25-26(29(19)34)17-38(32(25)42)27-11-12-28(39)35-30(27)40/h1-10,21-22,27H,11-17H2,(H,35,39,40). The highest BCUT2D eigenvalue weighted by molar-refractivity contribution is 6.30. The molecule has 3 atom stereocenters. The summed E-state index contributed by atoms with van der Waals surface area (Å²) in [6.07, 6.45) is 1.32. The number of piperazine rings is 1. The predicted molar refractivity (Wildman–Crippen MR) is 153 cm³/mol. The van der Waals surface area contributed by atoms with Gasteiger partial charge in [-0.1, -0.05) is 48.0 Å². The summed E-state index contributed by atoms with van der Waals surface area (Å²) < 4.78 is 15.8. The molecule has 4 saturated heterocycles. The average Bonchev–Trinajstić information content (AvgIpc) is 3.33. The highest BCUT2D eigenvalue weighted by Crippen LogP contribution is 2.37. The number of carbonyl (C=O) groups is 4. The van der Waals surface area contributed by atoms with Gasteiger partial charge < -0.3 is 9.80 Å². The molecule has 3 unspecified atom stereocenters. The number of benzene rings is 3. The molecule has 1 N–H and O–H groups in total. The van der Waals surface area contributed by atoms with Crippen LogP contribution in [0.3, 0.4) is 0 Å². The molecule has 0 aliphatic carbocycles. The Bertz CT molecular complexity index is 1630. The molecule has 214 valence electrons. The molecule has 0 saturated carbocycles. The molecule has 3 aromatic rings. The SMILES string of the molecule is O=C1CCC(N2Cc3c(ccc(CN4C5CC4CN(C(=O)c4ccccc4-c4ccc(Cl)cc4)C5)c3F)C2=O)C(=O)N1. The van der Waals surface area contributed by atoms with Crippen molar-refractivity contribution >= 4 is 35.2 Å². The summed E-state index contributed by atoms with van der Waals surface area (Å²) in [5.74, 6) is -1.72. The summed E-state index contributed by atoms with van der Waals surface area (Å²) in [5.41, 5.74) is 3.48. The number of fused-ring (bicyclic) bond motifs is 3. The van der Waals surface area contributed by atoms with Crippen molar-refractivity contribution in [2.75, 3.05) is 13.1 Å². The van der Waals surface area contributed by atoms with E-state index in [2.05, 4.69) is 10.2 Å². The van der Waals surface area contributed by atoms with E-state index in [4.69, 9.17) is 11.6 Å². The predicted octanol–water partition coefficient (Wildman–Crippen LogP) is 4.01. The minimum absolute atomic E-state index is 0.00226. The van der Waals surface area contributed by atoms with Crippen LogP contribution in [0.15, 0.2) is 60.7 Å². The molecule has 8 rings (SSSR count). The lowest BCUT2D eigenvalue weighted by Crippen LogP contribution is -2.68. The van der Waals surface area contributed by atoms with Crippen LogP contribution in [0.5, 0.6) is 0 Å². The van der Waals surface area contributed by atoms with E-state index in [1.807, 2.05) is 53.4 Å². The Balaban J connectivity index is 1.04. The first kappa shape index (κ1) is 26.8. The van der Waals surface area contributed by atoms with Gasteiger partial charge in [0.05, 0.1) is 6.54 Å². The number of rotatable bonds is 5. The third kappa shape index (κ3) is 4.48. The van der Waals surface area contributed by atoms with Gasteiger partial charge in [0, 0.05) is 65.4 Å². The maximum atomic E-state index is 15.8. The van der Waals surface area contributed by atoms with Gasteiger partial charge in [-0.15, -0.1) is 0 Å². The van der Waals surface area contributed by atoms with Gasteiger partial charge in [-0.2, -0.15) is 0 Å². The molecule has 10 heteroatoms. The maximum Gasteiger partial charge on any atom is 0.255 e. The van der Waals surface area contributed by atoms with Crippen LogP contribution in [0, 0.1) is 5.82 Å². The van der Waals surface area contributed by atoms with E-state index < -0.39 is 17.8 Å². The highest BCUT2D eigenvalue weighted by Gasteiger charge is 2.47. The monoisotopic (exact) mass is 586 g/mol. The first-order valence-electron chi connectivity index (χ1n) is 14.1. The molecule has 4 amide bonds. The van der Waals surface area contributed by atoms with Gasteiger partial charge in [0.1, 0.15) is 11.9 Å². The molecule has 8 nitrogen and oxygen atoms in total. The van der Waals surface area contributed by atoms with Gasteiger partial charge in [0.15, 0.2) is 0 Å². The van der Waals surface area contributed by atoms with Crippen molar-refractivity contribution in [3.05, 3.63) is 93.8 Å². The fourth-order valence-corrected chi connectivity index (χ4v) is 6.93. The van der Waals surface area contributed by atoms with Crippen molar-refractivity contribution < 1.29 is 23.6 Å². The number of nitrogens with one attached hydrogen (secondary N) is 1. The van der Waals surface area contributed by atoms with E-state index in [1.165, 1.54) is 4.90 Å². The van der Waals surface area contributed by atoms with Crippen molar-refractivity contribution in [1.82, 2.24) is 20.0 Å². The molecule has 5 aliphatic rings. The molecule has 42 heavy (non-hydrogen) atoms.